The third-order valence-corrected chi connectivity index (χ3v) is 8.69. The number of aliphatic hydroxyl groups is 1. The van der Waals surface area contributed by atoms with Crippen LogP contribution in [0.4, 0.5) is 0 Å². The van der Waals surface area contributed by atoms with Crippen molar-refractivity contribution >= 4 is 11.9 Å². The molecule has 5 heteroatoms. The topological polar surface area (TPSA) is 72.8 Å². The smallest absolute Gasteiger partial charge is 0.306 e. The predicted molar refractivity (Wildman–Crippen MR) is 201 cm³/mol. The van der Waals surface area contributed by atoms with Crippen LogP contribution in [0.3, 0.4) is 0 Å². The largest absolute Gasteiger partial charge is 0.462 e. The van der Waals surface area contributed by atoms with E-state index in [1.807, 2.05) is 0 Å². The molecular formula is C42H76O5. The van der Waals surface area contributed by atoms with Crippen LogP contribution in [-0.2, 0) is 19.1 Å². The molecule has 0 fully saturated rings. The van der Waals surface area contributed by atoms with Crippen molar-refractivity contribution in [3.05, 3.63) is 36.5 Å². The zero-order chi connectivity index (χ0) is 34.3. The van der Waals surface area contributed by atoms with E-state index in [0.29, 0.717) is 12.8 Å². The van der Waals surface area contributed by atoms with Gasteiger partial charge in [0.25, 0.3) is 0 Å². The van der Waals surface area contributed by atoms with Crippen LogP contribution in [0.15, 0.2) is 36.5 Å². The Labute approximate surface area is 291 Å². The first kappa shape index (κ1) is 45.1. The molecule has 0 radical (unpaired) electrons. The Kier molecular flexibility index (Phi) is 37.0. The van der Waals surface area contributed by atoms with E-state index in [0.717, 1.165) is 51.4 Å². The number of aliphatic hydroxyl groups excluding tert-OH is 1. The first-order valence-electron chi connectivity index (χ1n) is 20.0. The van der Waals surface area contributed by atoms with E-state index in [-0.39, 0.29) is 25.2 Å². The number of carbonyl (C=O) groups is 2. The van der Waals surface area contributed by atoms with Crippen LogP contribution >= 0.6 is 0 Å². The van der Waals surface area contributed by atoms with Crippen LogP contribution in [0.2, 0.25) is 0 Å². The molecule has 1 atom stereocenters. The third kappa shape index (κ3) is 36.8. The molecule has 0 aliphatic rings. The lowest BCUT2D eigenvalue weighted by Gasteiger charge is -2.15. The van der Waals surface area contributed by atoms with E-state index < -0.39 is 6.10 Å². The zero-order valence-corrected chi connectivity index (χ0v) is 31.0. The molecule has 0 amide bonds. The molecule has 0 bridgehead atoms. The molecule has 47 heavy (non-hydrogen) atoms. The molecular weight excluding hydrogens is 584 g/mol. The molecule has 1 N–H and O–H groups in total. The van der Waals surface area contributed by atoms with E-state index in [9.17, 15) is 14.7 Å². The molecule has 0 aromatic heterocycles. The van der Waals surface area contributed by atoms with Crippen molar-refractivity contribution in [1.82, 2.24) is 0 Å². The summed E-state index contributed by atoms with van der Waals surface area (Å²) >= 11 is 0. The van der Waals surface area contributed by atoms with Crippen molar-refractivity contribution in [1.29, 1.82) is 0 Å². The molecule has 0 aromatic carbocycles. The fraction of sp³-hybridized carbons (Fsp3) is 0.810. The SMILES string of the molecule is CCCCCCC/C=C\C/C=C\C/C=C\CCCCCCCCCCCCC(=O)OC(CO)COC(=O)CCCCCCCCCC. The highest BCUT2D eigenvalue weighted by Gasteiger charge is 2.16. The van der Waals surface area contributed by atoms with Crippen LogP contribution < -0.4 is 0 Å². The summed E-state index contributed by atoms with van der Waals surface area (Å²) in [7, 11) is 0. The second-order valence-corrected chi connectivity index (χ2v) is 13.4. The van der Waals surface area contributed by atoms with Gasteiger partial charge in [-0.3, -0.25) is 9.59 Å². The summed E-state index contributed by atoms with van der Waals surface area (Å²) in [6, 6.07) is 0. The van der Waals surface area contributed by atoms with Gasteiger partial charge in [-0.2, -0.15) is 0 Å². The molecule has 5 nitrogen and oxygen atoms in total. The maximum atomic E-state index is 12.1. The summed E-state index contributed by atoms with van der Waals surface area (Å²) in [6.07, 6.45) is 46.5. The van der Waals surface area contributed by atoms with Gasteiger partial charge >= 0.3 is 11.9 Å². The molecule has 0 aromatic rings. The quantitative estimate of drug-likeness (QED) is 0.0411. The summed E-state index contributed by atoms with van der Waals surface area (Å²) in [4.78, 5) is 24.1. The summed E-state index contributed by atoms with van der Waals surface area (Å²) in [5, 5.41) is 9.51. The van der Waals surface area contributed by atoms with Gasteiger partial charge in [-0.1, -0.05) is 172 Å². The number of hydrogen-bond acceptors (Lipinski definition) is 5. The van der Waals surface area contributed by atoms with Crippen LogP contribution in [0, 0.1) is 0 Å². The second-order valence-electron chi connectivity index (χ2n) is 13.4. The molecule has 0 aliphatic carbocycles. The Balaban J connectivity index is 3.51. The summed E-state index contributed by atoms with van der Waals surface area (Å²) in [6.45, 7) is 4.09. The second kappa shape index (κ2) is 38.6. The number of allylic oxidation sites excluding steroid dienone is 6. The van der Waals surface area contributed by atoms with E-state index in [4.69, 9.17) is 9.47 Å². The normalized spacial score (nSPS) is 12.5. The van der Waals surface area contributed by atoms with Gasteiger partial charge in [0.05, 0.1) is 6.61 Å². The lowest BCUT2D eigenvalue weighted by atomic mass is 10.0. The van der Waals surface area contributed by atoms with Gasteiger partial charge in [0.2, 0.25) is 0 Å². The third-order valence-electron chi connectivity index (χ3n) is 8.69. The average Bonchev–Trinajstić information content (AvgIpc) is 3.07. The van der Waals surface area contributed by atoms with E-state index in [1.165, 1.54) is 122 Å². The van der Waals surface area contributed by atoms with Crippen molar-refractivity contribution in [2.45, 2.75) is 206 Å². The summed E-state index contributed by atoms with van der Waals surface area (Å²) in [5.74, 6) is -0.597. The molecule has 0 spiro atoms. The van der Waals surface area contributed by atoms with Crippen molar-refractivity contribution < 1.29 is 24.2 Å². The Morgan fingerprint density at radius 1 is 0.489 bits per heavy atom. The maximum Gasteiger partial charge on any atom is 0.306 e. The van der Waals surface area contributed by atoms with Crippen LogP contribution in [-0.4, -0.2) is 36.4 Å². The molecule has 1 unspecified atom stereocenters. The van der Waals surface area contributed by atoms with Crippen molar-refractivity contribution in [3.8, 4) is 0 Å². The molecule has 0 rings (SSSR count). The van der Waals surface area contributed by atoms with E-state index in [2.05, 4.69) is 50.3 Å². The lowest BCUT2D eigenvalue weighted by molar-refractivity contribution is -0.161. The minimum Gasteiger partial charge on any atom is -0.462 e. The standard InChI is InChI=1S/C42H76O5/c1-3-5-7-9-11-13-14-15-16-17-18-19-20-21-22-23-24-25-26-27-28-29-31-33-35-37-42(45)47-40(38-43)39-46-41(44)36-34-32-30-12-10-8-6-4-2/h14-15,17-18,20-21,40,43H,3-13,16,19,22-39H2,1-2H3/b15-14-,18-17-,21-20-. The number of unbranched alkanes of at least 4 members (excludes halogenated alkanes) is 22. The fourth-order valence-electron chi connectivity index (χ4n) is 5.62. The Morgan fingerprint density at radius 3 is 1.28 bits per heavy atom. The monoisotopic (exact) mass is 661 g/mol. The highest BCUT2D eigenvalue weighted by atomic mass is 16.6. The van der Waals surface area contributed by atoms with Crippen molar-refractivity contribution in [3.63, 3.8) is 0 Å². The van der Waals surface area contributed by atoms with Gasteiger partial charge in [-0.05, 0) is 51.4 Å². The van der Waals surface area contributed by atoms with Crippen molar-refractivity contribution in [2.75, 3.05) is 13.2 Å². The van der Waals surface area contributed by atoms with Crippen LogP contribution in [0.5, 0.6) is 0 Å². The number of rotatable bonds is 36. The highest BCUT2D eigenvalue weighted by molar-refractivity contribution is 5.70. The minimum atomic E-state index is -0.768. The predicted octanol–water partition coefficient (Wildman–Crippen LogP) is 12.5. The molecule has 0 heterocycles. The van der Waals surface area contributed by atoms with Crippen LogP contribution in [0.1, 0.15) is 200 Å². The van der Waals surface area contributed by atoms with Crippen molar-refractivity contribution in [2.24, 2.45) is 0 Å². The Morgan fingerprint density at radius 2 is 0.851 bits per heavy atom. The molecule has 0 aliphatic heterocycles. The molecule has 0 saturated carbocycles. The zero-order valence-electron chi connectivity index (χ0n) is 31.0. The van der Waals surface area contributed by atoms with E-state index >= 15 is 0 Å². The average molecular weight is 661 g/mol. The van der Waals surface area contributed by atoms with Gasteiger partial charge in [0.15, 0.2) is 6.10 Å². The van der Waals surface area contributed by atoms with Gasteiger partial charge in [-0.15, -0.1) is 0 Å². The number of hydrogen-bond donors (Lipinski definition) is 1. The Bertz CT molecular complexity index is 756. The van der Waals surface area contributed by atoms with Crippen LogP contribution in [0.25, 0.3) is 0 Å². The van der Waals surface area contributed by atoms with E-state index in [1.54, 1.807) is 0 Å². The van der Waals surface area contributed by atoms with Gasteiger partial charge in [0, 0.05) is 12.8 Å². The molecule has 274 valence electrons. The number of ether oxygens (including phenoxy) is 2. The highest BCUT2D eigenvalue weighted by Crippen LogP contribution is 2.14. The molecule has 0 saturated heterocycles. The van der Waals surface area contributed by atoms with Gasteiger partial charge in [-0.25, -0.2) is 0 Å². The number of esters is 2. The summed E-state index contributed by atoms with van der Waals surface area (Å²) < 4.78 is 10.6. The first-order valence-corrected chi connectivity index (χ1v) is 20.0. The van der Waals surface area contributed by atoms with Gasteiger partial charge in [0.1, 0.15) is 6.61 Å². The maximum absolute atomic E-state index is 12.1. The first-order chi connectivity index (χ1) is 23.1. The Hall–Kier alpha value is -1.88. The van der Waals surface area contributed by atoms with Gasteiger partial charge < -0.3 is 14.6 Å². The summed E-state index contributed by atoms with van der Waals surface area (Å²) in [5.41, 5.74) is 0. The number of carbonyl (C=O) groups excluding carboxylic acids is 2. The fourth-order valence-corrected chi connectivity index (χ4v) is 5.62. The minimum absolute atomic E-state index is 0.0654. The lowest BCUT2D eigenvalue weighted by Crippen LogP contribution is -2.28.